The molecule has 1 aromatic heterocycles. The van der Waals surface area contributed by atoms with Gasteiger partial charge in [-0.25, -0.2) is 4.98 Å². The summed E-state index contributed by atoms with van der Waals surface area (Å²) in [5.74, 6) is 1.58. The summed E-state index contributed by atoms with van der Waals surface area (Å²) in [6.07, 6.45) is 1.41. The van der Waals surface area contributed by atoms with Crippen molar-refractivity contribution in [1.29, 1.82) is 0 Å². The third-order valence-electron chi connectivity index (χ3n) is 4.57. The van der Waals surface area contributed by atoms with E-state index in [1.165, 1.54) is 12.3 Å². The fourth-order valence-corrected chi connectivity index (χ4v) is 3.05. The molecule has 2 N–H and O–H groups in total. The molecule has 0 amide bonds. The van der Waals surface area contributed by atoms with Crippen molar-refractivity contribution in [2.75, 3.05) is 24.6 Å². The molecule has 0 saturated heterocycles. The van der Waals surface area contributed by atoms with Gasteiger partial charge in [-0.3, -0.25) is 20.8 Å². The molecular formula is C21H22N4O5. The highest BCUT2D eigenvalue weighted by Gasteiger charge is 2.26. The van der Waals surface area contributed by atoms with Crippen LogP contribution in [0, 0.1) is 10.1 Å². The molecule has 0 bridgehead atoms. The first-order chi connectivity index (χ1) is 14.5. The second-order valence-corrected chi connectivity index (χ2v) is 6.45. The Morgan fingerprint density at radius 3 is 1.87 bits per heavy atom. The fraction of sp³-hybridized carbons (Fsp3) is 0.190. The molecule has 0 radical (unpaired) electrons. The zero-order valence-corrected chi connectivity index (χ0v) is 16.6. The van der Waals surface area contributed by atoms with Crippen molar-refractivity contribution >= 4 is 17.2 Å². The van der Waals surface area contributed by atoms with Gasteiger partial charge in [-0.15, -0.1) is 0 Å². The molecule has 0 aliphatic heterocycles. The second-order valence-electron chi connectivity index (χ2n) is 6.45. The van der Waals surface area contributed by atoms with Crippen molar-refractivity contribution in [1.82, 2.24) is 4.98 Å². The van der Waals surface area contributed by atoms with E-state index in [4.69, 9.17) is 9.47 Å². The third-order valence-corrected chi connectivity index (χ3v) is 4.57. The molecule has 1 heterocycles. The molecule has 0 saturated carbocycles. The number of pyridine rings is 1. The Kier molecular flexibility index (Phi) is 6.66. The van der Waals surface area contributed by atoms with Gasteiger partial charge in [-0.05, 0) is 41.5 Å². The Labute approximate surface area is 173 Å². The zero-order valence-electron chi connectivity index (χ0n) is 16.6. The van der Waals surface area contributed by atoms with Crippen LogP contribution in [-0.2, 0) is 13.1 Å². The molecule has 0 aliphatic carbocycles. The van der Waals surface area contributed by atoms with E-state index in [9.17, 15) is 15.3 Å². The van der Waals surface area contributed by atoms with Crippen LogP contribution in [-0.4, -0.2) is 29.3 Å². The summed E-state index contributed by atoms with van der Waals surface area (Å²) in [5, 5.41) is 21.1. The summed E-state index contributed by atoms with van der Waals surface area (Å²) < 4.78 is 10.4. The monoisotopic (exact) mass is 410 g/mol. The van der Waals surface area contributed by atoms with Gasteiger partial charge in [0.05, 0.1) is 19.1 Å². The number of ether oxygens (including phenoxy) is 2. The lowest BCUT2D eigenvalue weighted by atomic mass is 10.1. The van der Waals surface area contributed by atoms with Gasteiger partial charge in [0.25, 0.3) is 0 Å². The van der Waals surface area contributed by atoms with Crippen LogP contribution in [0.2, 0.25) is 0 Å². The highest BCUT2D eigenvalue weighted by molar-refractivity contribution is 5.73. The predicted molar refractivity (Wildman–Crippen MR) is 112 cm³/mol. The van der Waals surface area contributed by atoms with Gasteiger partial charge in [0, 0.05) is 19.3 Å². The van der Waals surface area contributed by atoms with Gasteiger partial charge in [-0.2, -0.15) is 0 Å². The first-order valence-electron chi connectivity index (χ1n) is 9.10. The van der Waals surface area contributed by atoms with Crippen LogP contribution in [0.3, 0.4) is 0 Å². The van der Waals surface area contributed by atoms with Crippen LogP contribution in [0.5, 0.6) is 11.5 Å². The predicted octanol–water partition coefficient (Wildman–Crippen LogP) is 4.01. The van der Waals surface area contributed by atoms with Gasteiger partial charge in [-0.1, -0.05) is 24.3 Å². The number of rotatable bonds is 9. The van der Waals surface area contributed by atoms with Crippen molar-refractivity contribution in [3.8, 4) is 11.5 Å². The van der Waals surface area contributed by atoms with Crippen molar-refractivity contribution in [3.05, 3.63) is 82.0 Å². The Morgan fingerprint density at radius 2 is 1.47 bits per heavy atom. The van der Waals surface area contributed by atoms with E-state index in [0.717, 1.165) is 22.6 Å². The summed E-state index contributed by atoms with van der Waals surface area (Å²) in [5.41, 5.74) is 3.40. The maximum atomic E-state index is 11.7. The van der Waals surface area contributed by atoms with Crippen LogP contribution in [0.15, 0.2) is 60.8 Å². The van der Waals surface area contributed by atoms with Crippen LogP contribution >= 0.6 is 0 Å². The first-order valence-corrected chi connectivity index (χ1v) is 9.10. The van der Waals surface area contributed by atoms with E-state index in [1.54, 1.807) is 19.1 Å². The lowest BCUT2D eigenvalue weighted by Gasteiger charge is -2.24. The van der Waals surface area contributed by atoms with Crippen LogP contribution in [0.25, 0.3) is 0 Å². The molecule has 2 aromatic carbocycles. The molecular weight excluding hydrogens is 388 g/mol. The van der Waals surface area contributed by atoms with Gasteiger partial charge in [0.15, 0.2) is 0 Å². The number of hydrogen-bond acceptors (Lipinski definition) is 8. The van der Waals surface area contributed by atoms with Gasteiger partial charge in [0.1, 0.15) is 17.2 Å². The van der Waals surface area contributed by atoms with E-state index >= 15 is 0 Å². The SMILES string of the molecule is COc1ccc(CN(Cc2ccc(OC)cc2)c2nccc(NO)c2[N+](=O)[O-])cc1. The van der Waals surface area contributed by atoms with E-state index in [-0.39, 0.29) is 17.2 Å². The smallest absolute Gasteiger partial charge is 0.336 e. The van der Waals surface area contributed by atoms with E-state index in [2.05, 4.69) is 4.98 Å². The Morgan fingerprint density at radius 1 is 0.967 bits per heavy atom. The Hall–Kier alpha value is -3.85. The summed E-state index contributed by atoms with van der Waals surface area (Å²) in [4.78, 5) is 17.2. The number of benzene rings is 2. The summed E-state index contributed by atoms with van der Waals surface area (Å²) in [6.45, 7) is 0.720. The number of aromatic nitrogens is 1. The number of nitro groups is 1. The first kappa shape index (κ1) is 20.9. The highest BCUT2D eigenvalue weighted by atomic mass is 16.6. The summed E-state index contributed by atoms with van der Waals surface area (Å²) in [6, 6.07) is 16.2. The molecule has 0 aliphatic rings. The van der Waals surface area contributed by atoms with Gasteiger partial charge < -0.3 is 14.4 Å². The number of anilines is 2. The number of hydrogen-bond donors (Lipinski definition) is 2. The van der Waals surface area contributed by atoms with Crippen molar-refractivity contribution in [2.45, 2.75) is 13.1 Å². The zero-order chi connectivity index (χ0) is 21.5. The largest absolute Gasteiger partial charge is 0.497 e. The molecule has 3 aromatic rings. The van der Waals surface area contributed by atoms with Gasteiger partial charge >= 0.3 is 5.69 Å². The quantitative estimate of drug-likeness (QED) is 0.402. The third kappa shape index (κ3) is 4.76. The summed E-state index contributed by atoms with van der Waals surface area (Å²) in [7, 11) is 3.18. The lowest BCUT2D eigenvalue weighted by Crippen LogP contribution is -2.24. The molecule has 30 heavy (non-hydrogen) atoms. The van der Waals surface area contributed by atoms with Crippen LogP contribution in [0.1, 0.15) is 11.1 Å². The molecule has 156 valence electrons. The maximum absolute atomic E-state index is 11.7. The van der Waals surface area contributed by atoms with Crippen molar-refractivity contribution < 1.29 is 19.6 Å². The maximum Gasteiger partial charge on any atom is 0.336 e. The standard InChI is InChI=1S/C21H22N4O5/c1-29-17-7-3-15(4-8-17)13-24(14-16-5-9-18(30-2)10-6-16)21-20(25(27)28)19(23-26)11-12-22-21/h3-12,26H,13-14H2,1-2H3,(H,22,23). The minimum absolute atomic E-state index is 0.0283. The number of nitrogens with zero attached hydrogens (tertiary/aromatic N) is 3. The normalized spacial score (nSPS) is 10.4. The second kappa shape index (κ2) is 9.57. The molecule has 9 nitrogen and oxygen atoms in total. The van der Waals surface area contributed by atoms with Crippen molar-refractivity contribution in [2.24, 2.45) is 0 Å². The number of nitrogens with one attached hydrogen (secondary N) is 1. The minimum atomic E-state index is -0.560. The topological polar surface area (TPSA) is 110 Å². The fourth-order valence-electron chi connectivity index (χ4n) is 3.05. The van der Waals surface area contributed by atoms with Crippen LogP contribution in [0.4, 0.5) is 17.2 Å². The number of methoxy groups -OCH3 is 2. The molecule has 0 atom stereocenters. The van der Waals surface area contributed by atoms with Crippen LogP contribution < -0.4 is 19.9 Å². The average molecular weight is 410 g/mol. The van der Waals surface area contributed by atoms with E-state index in [1.807, 2.05) is 54.0 Å². The van der Waals surface area contributed by atoms with Crippen molar-refractivity contribution in [3.63, 3.8) is 0 Å². The molecule has 0 fully saturated rings. The molecule has 0 unspecified atom stereocenters. The van der Waals surface area contributed by atoms with Gasteiger partial charge in [0.2, 0.25) is 5.82 Å². The lowest BCUT2D eigenvalue weighted by molar-refractivity contribution is -0.383. The Balaban J connectivity index is 2.00. The molecule has 0 spiro atoms. The molecule has 3 rings (SSSR count). The minimum Gasteiger partial charge on any atom is -0.497 e. The van der Waals surface area contributed by atoms with E-state index in [0.29, 0.717) is 13.1 Å². The van der Waals surface area contributed by atoms with E-state index < -0.39 is 4.92 Å². The Bertz CT molecular complexity index is 944. The average Bonchev–Trinajstić information content (AvgIpc) is 2.79. The summed E-state index contributed by atoms with van der Waals surface area (Å²) >= 11 is 0. The molecule has 9 heteroatoms. The highest BCUT2D eigenvalue weighted by Crippen LogP contribution is 2.35.